The van der Waals surface area contributed by atoms with E-state index in [9.17, 15) is 28.8 Å². The largest absolute Gasteiger partial charge is 0.466 e. The minimum Gasteiger partial charge on any atom is -0.466 e. The van der Waals surface area contributed by atoms with E-state index < -0.39 is 0 Å². The average Bonchev–Trinajstić information content (AvgIpc) is 0.947. The maximum Gasteiger partial charge on any atom is 0.306 e. The van der Waals surface area contributed by atoms with Gasteiger partial charge in [0.05, 0.1) is 13.2 Å². The van der Waals surface area contributed by atoms with E-state index in [2.05, 4.69) is 63.6 Å². The number of hydrogen-bond donors (Lipinski definition) is 1. The monoisotopic (exact) mass is 1610 g/mol. The summed E-state index contributed by atoms with van der Waals surface area (Å²) in [4.78, 5) is 85.5. The predicted octanol–water partition coefficient (Wildman–Crippen LogP) is 28.3. The molecule has 1 unspecified atom stereocenters. The molecule has 0 spiro atoms. The molecule has 674 valence electrons. The highest BCUT2D eigenvalue weighted by molar-refractivity contribution is 5.77. The van der Waals surface area contributed by atoms with Gasteiger partial charge >= 0.3 is 23.9 Å². The van der Waals surface area contributed by atoms with Crippen LogP contribution in [-0.4, -0.2) is 135 Å². The summed E-state index contributed by atoms with van der Waals surface area (Å²) in [5.41, 5.74) is 0. The van der Waals surface area contributed by atoms with Gasteiger partial charge in [0.15, 0.2) is 0 Å². The smallest absolute Gasteiger partial charge is 0.306 e. The summed E-state index contributed by atoms with van der Waals surface area (Å²) in [5.74, 6) is 0.719. The lowest BCUT2D eigenvalue weighted by Gasteiger charge is -2.24. The number of rotatable bonds is 93. The lowest BCUT2D eigenvalue weighted by atomic mass is 9.94. The SMILES string of the molecule is CCCCCCCCCOC(=O)CCCCCCCN(CCCCCCCC(=O)OC(CCCCCCCC)CCCCCCCC)CCCCC(=O)N(CC)CCNC(=O)CCCCN(CCCCCCCC(=O)OCCCCCCCCC)CCCC(CC)CCCC(=O)OC(CCCCCCCC)CCCCCCCC. The van der Waals surface area contributed by atoms with Crippen LogP contribution < -0.4 is 5.32 Å². The second kappa shape index (κ2) is 89.0. The highest BCUT2D eigenvalue weighted by Gasteiger charge is 2.20. The minimum absolute atomic E-state index is 0.00132. The summed E-state index contributed by atoms with van der Waals surface area (Å²) in [5, 5.41) is 3.15. The number of amides is 2. The zero-order chi connectivity index (χ0) is 83.2. The van der Waals surface area contributed by atoms with Gasteiger partial charge in [-0.15, -0.1) is 0 Å². The van der Waals surface area contributed by atoms with Gasteiger partial charge in [-0.25, -0.2) is 0 Å². The summed E-state index contributed by atoms with van der Waals surface area (Å²) in [7, 11) is 0. The van der Waals surface area contributed by atoms with Crippen LogP contribution in [-0.2, 0) is 47.7 Å². The van der Waals surface area contributed by atoms with Crippen molar-refractivity contribution in [3.63, 3.8) is 0 Å². The fourth-order valence-electron chi connectivity index (χ4n) is 16.3. The molecule has 0 radical (unpaired) electrons. The summed E-state index contributed by atoms with van der Waals surface area (Å²) in [6.45, 7) is 26.7. The summed E-state index contributed by atoms with van der Waals surface area (Å²) in [6, 6.07) is 0. The molecule has 0 fully saturated rings. The molecule has 0 saturated heterocycles. The zero-order valence-electron chi connectivity index (χ0n) is 77.3. The first-order chi connectivity index (χ1) is 55.9. The molecule has 114 heavy (non-hydrogen) atoms. The molecule has 0 rings (SSSR count). The molecule has 0 saturated carbocycles. The van der Waals surface area contributed by atoms with Gasteiger partial charge in [0.2, 0.25) is 11.8 Å². The lowest BCUT2D eigenvalue weighted by Crippen LogP contribution is -2.38. The molecule has 0 aromatic rings. The number of carbonyl (C=O) groups excluding carboxylic acids is 6. The Morgan fingerprint density at radius 1 is 0.254 bits per heavy atom. The number of esters is 4. The lowest BCUT2D eigenvalue weighted by molar-refractivity contribution is -0.151. The van der Waals surface area contributed by atoms with Crippen molar-refractivity contribution in [1.29, 1.82) is 0 Å². The number of hydrogen-bond acceptors (Lipinski definition) is 12. The second-order valence-corrected chi connectivity index (χ2v) is 34.9. The average molecular weight is 1610 g/mol. The van der Waals surface area contributed by atoms with Gasteiger partial charge in [0.1, 0.15) is 12.2 Å². The fraction of sp³-hybridized carbons (Fsp3) is 0.940. The van der Waals surface area contributed by atoms with Crippen molar-refractivity contribution >= 4 is 35.7 Å². The highest BCUT2D eigenvalue weighted by atomic mass is 16.6. The molecule has 14 heteroatoms. The van der Waals surface area contributed by atoms with Gasteiger partial charge in [0, 0.05) is 58.2 Å². The van der Waals surface area contributed by atoms with E-state index in [0.29, 0.717) is 77.3 Å². The molecule has 0 aliphatic carbocycles. The maximum atomic E-state index is 13.7. The Morgan fingerprint density at radius 2 is 0.526 bits per heavy atom. The molecule has 1 N–H and O–H groups in total. The number of nitrogens with zero attached hydrogens (tertiary/aromatic N) is 3. The van der Waals surface area contributed by atoms with Crippen molar-refractivity contribution in [3.8, 4) is 0 Å². The summed E-state index contributed by atoms with van der Waals surface area (Å²) < 4.78 is 23.5. The zero-order valence-corrected chi connectivity index (χ0v) is 77.3. The molecule has 0 bridgehead atoms. The Bertz CT molecular complexity index is 2050. The third-order valence-corrected chi connectivity index (χ3v) is 24.0. The molecule has 1 atom stereocenters. The van der Waals surface area contributed by atoms with Crippen LogP contribution in [0, 0.1) is 5.92 Å². The standard InChI is InChI=1S/C100H194N4O10/c1-9-17-23-29-35-50-66-90-111-97(107)78-56-44-37-47-61-83-102(84-62-49-39-46-58-80-99(109)113-93(72-52-40-31-25-19-11-3)73-53-41-32-26-20-12-4)87-65-60-77-96(106)104(16-8)89-82-101-95(105)76-59-64-86-103(85-63-48-38-45-57-79-98(108)112-91-67-51-36-30-24-18-10-2)88-69-71-92(15-7)70-68-81-100(110)114-94(74-54-42-33-27-21-13-5)75-55-43-34-28-22-14-6/h92-94H,9-91H2,1-8H3,(H,101,105). The van der Waals surface area contributed by atoms with Gasteiger partial charge in [-0.2, -0.15) is 0 Å². The molecule has 0 aliphatic rings. The number of nitrogens with one attached hydrogen (secondary N) is 1. The van der Waals surface area contributed by atoms with Crippen LogP contribution in [0.2, 0.25) is 0 Å². The number of unbranched alkanes of at least 4 members (excludes halogenated alkanes) is 46. The van der Waals surface area contributed by atoms with Gasteiger partial charge in [-0.3, -0.25) is 28.8 Å². The molecule has 2 amide bonds. The first kappa shape index (κ1) is 111. The molecule has 14 nitrogen and oxygen atoms in total. The van der Waals surface area contributed by atoms with Crippen LogP contribution >= 0.6 is 0 Å². The Hall–Kier alpha value is -3.26. The van der Waals surface area contributed by atoms with E-state index in [-0.39, 0.29) is 47.9 Å². The Kier molecular flexibility index (Phi) is 86.5. The number of carbonyl (C=O) groups is 6. The van der Waals surface area contributed by atoms with E-state index in [4.69, 9.17) is 18.9 Å². The maximum absolute atomic E-state index is 13.7. The molecular formula is C100H194N4O10. The van der Waals surface area contributed by atoms with Crippen LogP contribution in [0.1, 0.15) is 518 Å². The van der Waals surface area contributed by atoms with Crippen molar-refractivity contribution in [1.82, 2.24) is 20.0 Å². The van der Waals surface area contributed by atoms with Crippen LogP contribution in [0.25, 0.3) is 0 Å². The number of ether oxygens (including phenoxy) is 4. The summed E-state index contributed by atoms with van der Waals surface area (Å²) >= 11 is 0. The van der Waals surface area contributed by atoms with Crippen LogP contribution in [0.15, 0.2) is 0 Å². The number of likely N-dealkylation sites (N-methyl/N-ethyl adjacent to an activating group) is 1. The van der Waals surface area contributed by atoms with E-state index in [1.165, 1.54) is 193 Å². The topological polar surface area (TPSA) is 161 Å². The van der Waals surface area contributed by atoms with Crippen molar-refractivity contribution in [3.05, 3.63) is 0 Å². The Balaban J connectivity index is 5.43. The van der Waals surface area contributed by atoms with E-state index in [0.717, 1.165) is 270 Å². The summed E-state index contributed by atoms with van der Waals surface area (Å²) in [6.07, 6.45) is 79.4. The van der Waals surface area contributed by atoms with Crippen LogP contribution in [0.5, 0.6) is 0 Å². The van der Waals surface area contributed by atoms with E-state index >= 15 is 0 Å². The Morgan fingerprint density at radius 3 is 0.877 bits per heavy atom. The fourth-order valence-corrected chi connectivity index (χ4v) is 16.3. The van der Waals surface area contributed by atoms with E-state index in [1.807, 2.05) is 11.8 Å². The molecule has 0 aliphatic heterocycles. The van der Waals surface area contributed by atoms with Crippen LogP contribution in [0.4, 0.5) is 0 Å². The molecular weight excluding hydrogens is 1420 g/mol. The van der Waals surface area contributed by atoms with Crippen molar-refractivity contribution in [2.75, 3.05) is 72.1 Å². The molecule has 0 aromatic heterocycles. The highest BCUT2D eigenvalue weighted by Crippen LogP contribution is 2.24. The third kappa shape index (κ3) is 78.6. The predicted molar refractivity (Wildman–Crippen MR) is 485 cm³/mol. The van der Waals surface area contributed by atoms with Gasteiger partial charge in [0.25, 0.3) is 0 Å². The van der Waals surface area contributed by atoms with Gasteiger partial charge < -0.3 is 39.0 Å². The van der Waals surface area contributed by atoms with Crippen molar-refractivity contribution in [2.24, 2.45) is 5.92 Å². The first-order valence-electron chi connectivity index (χ1n) is 50.6. The van der Waals surface area contributed by atoms with E-state index in [1.54, 1.807) is 0 Å². The van der Waals surface area contributed by atoms with Crippen LogP contribution in [0.3, 0.4) is 0 Å². The minimum atomic E-state index is -0.0465. The second-order valence-electron chi connectivity index (χ2n) is 34.9. The Labute approximate surface area is 707 Å². The van der Waals surface area contributed by atoms with Gasteiger partial charge in [-0.1, -0.05) is 318 Å². The third-order valence-electron chi connectivity index (χ3n) is 24.0. The first-order valence-corrected chi connectivity index (χ1v) is 50.6. The normalized spacial score (nSPS) is 11.9. The van der Waals surface area contributed by atoms with Crippen molar-refractivity contribution in [2.45, 2.75) is 530 Å². The molecule has 0 aromatic carbocycles. The van der Waals surface area contributed by atoms with Crippen molar-refractivity contribution < 1.29 is 47.7 Å². The van der Waals surface area contributed by atoms with Gasteiger partial charge in [-0.05, 0) is 206 Å². The molecule has 0 heterocycles. The quantitative estimate of drug-likeness (QED) is 0.0349.